The van der Waals surface area contributed by atoms with Crippen LogP contribution in [0.4, 0.5) is 0 Å². The van der Waals surface area contributed by atoms with E-state index in [0.29, 0.717) is 16.5 Å². The van der Waals surface area contributed by atoms with Crippen LogP contribution >= 0.6 is 23.2 Å². The molecule has 0 radical (unpaired) electrons. The zero-order valence-corrected chi connectivity index (χ0v) is 11.9. The summed E-state index contributed by atoms with van der Waals surface area (Å²) in [5, 5.41) is 12.5. The van der Waals surface area contributed by atoms with Crippen molar-refractivity contribution >= 4 is 29.5 Å². The first-order chi connectivity index (χ1) is 9.04. The maximum atomic E-state index is 11.6. The molecule has 6 heteroatoms. The van der Waals surface area contributed by atoms with Gasteiger partial charge in [-0.05, 0) is 17.7 Å². The molecule has 19 heavy (non-hydrogen) atoms. The molecule has 0 fully saturated rings. The minimum atomic E-state index is -0.264. The van der Waals surface area contributed by atoms with Gasteiger partial charge in [0.1, 0.15) is 12.5 Å². The molecule has 1 aromatic rings. The molecule has 0 bridgehead atoms. The smallest absolute Gasteiger partial charge is 0.164 e. The Labute approximate surface area is 121 Å². The van der Waals surface area contributed by atoms with E-state index >= 15 is 0 Å². The largest absolute Gasteiger partial charge is 0.628 e. The van der Waals surface area contributed by atoms with Crippen LogP contribution in [0.2, 0.25) is 10.0 Å². The van der Waals surface area contributed by atoms with Crippen molar-refractivity contribution in [3.8, 4) is 0 Å². The number of halogens is 2. The zero-order valence-electron chi connectivity index (χ0n) is 10.3. The van der Waals surface area contributed by atoms with Crippen LogP contribution in [0.3, 0.4) is 0 Å². The summed E-state index contributed by atoms with van der Waals surface area (Å²) in [4.78, 5) is 12.8. The molecule has 1 N–H and O–H groups in total. The molecule has 4 nitrogen and oxygen atoms in total. The fraction of sp³-hybridized carbons (Fsp3) is 0.308. The molecule has 3 unspecified atom stereocenters. The number of quaternary nitrogens is 1. The molecule has 0 aliphatic carbocycles. The van der Waals surface area contributed by atoms with Crippen LogP contribution in [-0.2, 0) is 4.79 Å². The van der Waals surface area contributed by atoms with Gasteiger partial charge in [-0.3, -0.25) is 0 Å². The van der Waals surface area contributed by atoms with Crippen LogP contribution < -0.4 is 5.06 Å². The van der Waals surface area contributed by atoms with E-state index in [1.54, 1.807) is 18.3 Å². The van der Waals surface area contributed by atoms with Crippen molar-refractivity contribution < 1.29 is 9.86 Å². The van der Waals surface area contributed by atoms with Crippen molar-refractivity contribution in [1.29, 1.82) is 0 Å². The topological polar surface area (TPSA) is 47.8 Å². The first kappa shape index (κ1) is 14.3. The van der Waals surface area contributed by atoms with Crippen LogP contribution in [0.5, 0.6) is 0 Å². The highest BCUT2D eigenvalue weighted by Crippen LogP contribution is 2.31. The first-order valence-electron chi connectivity index (χ1n) is 5.92. The molecular weight excluding hydrogens is 287 g/mol. The molecule has 0 saturated carbocycles. The quantitative estimate of drug-likeness (QED) is 0.684. The lowest BCUT2D eigenvalue weighted by Gasteiger charge is -2.33. The SMILES string of the molecule is CC1N(C(CC=O)c2ccc(Cl)c(Cl)c2)C=C[NH+]1[O-]. The van der Waals surface area contributed by atoms with E-state index in [0.717, 1.165) is 11.8 Å². The highest BCUT2D eigenvalue weighted by Gasteiger charge is 2.29. The van der Waals surface area contributed by atoms with Gasteiger partial charge in [0.05, 0.1) is 22.3 Å². The Kier molecular flexibility index (Phi) is 4.47. The fourth-order valence-electron chi connectivity index (χ4n) is 2.19. The summed E-state index contributed by atoms with van der Waals surface area (Å²) in [7, 11) is 0. The van der Waals surface area contributed by atoms with Crippen molar-refractivity contribution in [3.05, 3.63) is 51.4 Å². The summed E-state index contributed by atoms with van der Waals surface area (Å²) in [6.45, 7) is 1.82. The Morgan fingerprint density at radius 2 is 2.21 bits per heavy atom. The third-order valence-electron chi connectivity index (χ3n) is 3.28. The predicted octanol–water partition coefficient (Wildman–Crippen LogP) is 2.14. The second-order valence-electron chi connectivity index (χ2n) is 4.43. The lowest BCUT2D eigenvalue weighted by molar-refractivity contribution is -0.823. The molecular formula is C13H14Cl2N2O2. The molecule has 2 rings (SSSR count). The van der Waals surface area contributed by atoms with E-state index in [-0.39, 0.29) is 17.3 Å². The number of benzene rings is 1. The summed E-state index contributed by atoms with van der Waals surface area (Å²) >= 11 is 11.9. The molecule has 0 aromatic heterocycles. The number of aldehydes is 1. The Morgan fingerprint density at radius 1 is 1.47 bits per heavy atom. The van der Waals surface area contributed by atoms with E-state index < -0.39 is 0 Å². The van der Waals surface area contributed by atoms with Crippen LogP contribution in [0.1, 0.15) is 24.9 Å². The Hall–Kier alpha value is -1.07. The Balaban J connectivity index is 2.32. The minimum absolute atomic E-state index is 0.0379. The predicted molar refractivity (Wildman–Crippen MR) is 74.7 cm³/mol. The van der Waals surface area contributed by atoms with Gasteiger partial charge >= 0.3 is 0 Å². The second kappa shape index (κ2) is 5.92. The van der Waals surface area contributed by atoms with Gasteiger partial charge in [0.2, 0.25) is 0 Å². The number of rotatable bonds is 4. The fourth-order valence-corrected chi connectivity index (χ4v) is 2.50. The van der Waals surface area contributed by atoms with Gasteiger partial charge < -0.3 is 20.0 Å². The van der Waals surface area contributed by atoms with Gasteiger partial charge in [-0.1, -0.05) is 29.3 Å². The molecule has 1 aliphatic rings. The van der Waals surface area contributed by atoms with Gasteiger partial charge in [0.25, 0.3) is 0 Å². The molecule has 1 aromatic carbocycles. The summed E-state index contributed by atoms with van der Waals surface area (Å²) in [6, 6.07) is 5.06. The zero-order chi connectivity index (χ0) is 14.0. The van der Waals surface area contributed by atoms with Crippen molar-refractivity contribution in [3.63, 3.8) is 0 Å². The van der Waals surface area contributed by atoms with Crippen LogP contribution in [0.15, 0.2) is 30.6 Å². The van der Waals surface area contributed by atoms with E-state index in [1.807, 2.05) is 17.9 Å². The van der Waals surface area contributed by atoms with Crippen LogP contribution in [-0.4, -0.2) is 17.4 Å². The number of carbonyl (C=O) groups excluding carboxylic acids is 1. The molecule has 1 heterocycles. The molecule has 102 valence electrons. The van der Waals surface area contributed by atoms with Crippen molar-refractivity contribution in [2.75, 3.05) is 0 Å². The molecule has 0 saturated heterocycles. The third-order valence-corrected chi connectivity index (χ3v) is 4.02. The lowest BCUT2D eigenvalue weighted by atomic mass is 10.0. The standard InChI is InChI=1S/C13H14Cl2N2O2/c1-9-16(5-6-17(9)19)13(4-7-18)10-2-3-11(14)12(15)8-10/h2-3,5-9,13,17H,4H2,1H3. The summed E-state index contributed by atoms with van der Waals surface area (Å²) in [5.74, 6) is 0. The van der Waals surface area contributed by atoms with E-state index in [9.17, 15) is 10.0 Å². The average Bonchev–Trinajstić information content (AvgIpc) is 2.71. The lowest BCUT2D eigenvalue weighted by Crippen LogP contribution is -3.06. The van der Waals surface area contributed by atoms with Crippen molar-refractivity contribution in [1.82, 2.24) is 4.90 Å². The summed E-state index contributed by atoms with van der Waals surface area (Å²) < 4.78 is 0. The number of hydroxylamine groups is 2. The highest BCUT2D eigenvalue weighted by molar-refractivity contribution is 6.42. The normalized spacial score (nSPS) is 23.7. The van der Waals surface area contributed by atoms with E-state index in [2.05, 4.69) is 0 Å². The molecule has 3 atom stereocenters. The van der Waals surface area contributed by atoms with Crippen molar-refractivity contribution in [2.45, 2.75) is 25.6 Å². The van der Waals surface area contributed by atoms with Gasteiger partial charge in [0.15, 0.2) is 6.17 Å². The Bertz CT molecular complexity index is 507. The average molecular weight is 301 g/mol. The number of carbonyl (C=O) groups is 1. The summed E-state index contributed by atoms with van der Waals surface area (Å²) in [5.41, 5.74) is 0.868. The van der Waals surface area contributed by atoms with Gasteiger partial charge in [-0.15, -0.1) is 0 Å². The highest BCUT2D eigenvalue weighted by atomic mass is 35.5. The van der Waals surface area contributed by atoms with Crippen LogP contribution in [0.25, 0.3) is 0 Å². The van der Waals surface area contributed by atoms with Gasteiger partial charge in [-0.25, -0.2) is 0 Å². The molecule has 0 spiro atoms. The van der Waals surface area contributed by atoms with E-state index in [1.165, 1.54) is 6.20 Å². The van der Waals surface area contributed by atoms with Crippen LogP contribution in [0, 0.1) is 5.21 Å². The van der Waals surface area contributed by atoms with E-state index in [4.69, 9.17) is 23.2 Å². The Morgan fingerprint density at radius 3 is 2.74 bits per heavy atom. The number of hydrogen-bond acceptors (Lipinski definition) is 3. The number of hydrogen-bond donors (Lipinski definition) is 1. The first-order valence-corrected chi connectivity index (χ1v) is 6.68. The minimum Gasteiger partial charge on any atom is -0.628 e. The molecule has 0 amide bonds. The van der Waals surface area contributed by atoms with Crippen molar-refractivity contribution in [2.24, 2.45) is 0 Å². The van der Waals surface area contributed by atoms with Gasteiger partial charge in [0, 0.05) is 13.3 Å². The number of nitrogens with one attached hydrogen (secondary N) is 1. The molecule has 1 aliphatic heterocycles. The monoisotopic (exact) mass is 300 g/mol. The number of nitrogens with zero attached hydrogens (tertiary/aromatic N) is 1. The third kappa shape index (κ3) is 2.92. The maximum absolute atomic E-state index is 11.6. The summed E-state index contributed by atoms with van der Waals surface area (Å²) in [6.07, 6.45) is 4.12. The second-order valence-corrected chi connectivity index (χ2v) is 5.25. The maximum Gasteiger partial charge on any atom is 0.164 e. The van der Waals surface area contributed by atoms with Gasteiger partial charge in [-0.2, -0.15) is 0 Å².